The summed E-state index contributed by atoms with van der Waals surface area (Å²) in [5.74, 6) is 0.877. The van der Waals surface area contributed by atoms with E-state index in [-0.39, 0.29) is 5.54 Å². The molecule has 5 heteroatoms. The van der Waals surface area contributed by atoms with Crippen LogP contribution >= 0.6 is 12.2 Å². The van der Waals surface area contributed by atoms with Crippen LogP contribution in [0.3, 0.4) is 0 Å². The summed E-state index contributed by atoms with van der Waals surface area (Å²) in [6, 6.07) is 6.10. The predicted molar refractivity (Wildman–Crippen MR) is 90.7 cm³/mol. The van der Waals surface area contributed by atoms with Crippen LogP contribution in [0.15, 0.2) is 18.2 Å². The van der Waals surface area contributed by atoms with Crippen molar-refractivity contribution in [3.05, 3.63) is 23.0 Å². The van der Waals surface area contributed by atoms with Gasteiger partial charge in [0.05, 0.1) is 12.1 Å². The first-order chi connectivity index (χ1) is 9.86. The first-order valence-corrected chi connectivity index (χ1v) is 7.79. The molecule has 116 valence electrons. The Morgan fingerprint density at radius 3 is 2.67 bits per heavy atom. The summed E-state index contributed by atoms with van der Waals surface area (Å²) in [5, 5.41) is 0. The van der Waals surface area contributed by atoms with E-state index in [1.54, 1.807) is 0 Å². The Morgan fingerprint density at radius 2 is 2.05 bits per heavy atom. The largest absolute Gasteiger partial charge is 0.491 e. The quantitative estimate of drug-likeness (QED) is 0.823. The van der Waals surface area contributed by atoms with Crippen molar-refractivity contribution in [2.75, 3.05) is 20.7 Å². The number of nitrogens with one attached hydrogen (secondary N) is 1. The summed E-state index contributed by atoms with van der Waals surface area (Å²) >= 11 is 5.51. The number of aromatic amines is 1. The SMILES string of the molecule is CCCOc1cccc2c1[nH]c(=S)n2CC(C)(C)N(C)C. The van der Waals surface area contributed by atoms with E-state index in [0.29, 0.717) is 6.61 Å². The third-order valence-corrected chi connectivity index (χ3v) is 4.31. The van der Waals surface area contributed by atoms with E-state index < -0.39 is 0 Å². The zero-order chi connectivity index (χ0) is 15.6. The fourth-order valence-corrected chi connectivity index (χ4v) is 2.44. The maximum atomic E-state index is 5.81. The van der Waals surface area contributed by atoms with Crippen LogP contribution in [0.5, 0.6) is 5.75 Å². The van der Waals surface area contributed by atoms with Crippen molar-refractivity contribution >= 4 is 23.3 Å². The lowest BCUT2D eigenvalue weighted by molar-refractivity contribution is 0.170. The van der Waals surface area contributed by atoms with Crippen molar-refractivity contribution < 1.29 is 4.74 Å². The number of H-pyrrole nitrogens is 1. The number of hydrogen-bond donors (Lipinski definition) is 1. The van der Waals surface area contributed by atoms with Crippen LogP contribution in [0.4, 0.5) is 0 Å². The van der Waals surface area contributed by atoms with Crippen LogP contribution in [-0.4, -0.2) is 40.7 Å². The highest BCUT2D eigenvalue weighted by Gasteiger charge is 2.23. The Labute approximate surface area is 131 Å². The smallest absolute Gasteiger partial charge is 0.178 e. The average molecular weight is 307 g/mol. The second kappa shape index (κ2) is 6.20. The maximum absolute atomic E-state index is 5.81. The summed E-state index contributed by atoms with van der Waals surface area (Å²) in [7, 11) is 4.18. The standard InChI is InChI=1S/C16H25N3OS/c1-6-10-20-13-9-7-8-12-14(13)17-15(21)19(12)11-16(2,3)18(4)5/h7-9H,6,10-11H2,1-5H3,(H,17,21). The van der Waals surface area contributed by atoms with E-state index in [4.69, 9.17) is 17.0 Å². The van der Waals surface area contributed by atoms with Crippen molar-refractivity contribution in [3.8, 4) is 5.75 Å². The summed E-state index contributed by atoms with van der Waals surface area (Å²) in [4.78, 5) is 5.51. The van der Waals surface area contributed by atoms with E-state index in [2.05, 4.69) is 55.4 Å². The van der Waals surface area contributed by atoms with Gasteiger partial charge in [0, 0.05) is 12.1 Å². The molecule has 4 nitrogen and oxygen atoms in total. The Kier molecular flexibility index (Phi) is 4.74. The Morgan fingerprint density at radius 1 is 1.33 bits per heavy atom. The predicted octanol–water partition coefficient (Wildman–Crippen LogP) is 3.83. The number of likely N-dealkylation sites (N-methyl/N-ethyl adjacent to an activating group) is 1. The van der Waals surface area contributed by atoms with E-state index in [0.717, 1.165) is 34.5 Å². The van der Waals surface area contributed by atoms with Gasteiger partial charge in [0.1, 0.15) is 11.3 Å². The highest BCUT2D eigenvalue weighted by molar-refractivity contribution is 7.71. The van der Waals surface area contributed by atoms with E-state index in [1.807, 2.05) is 12.1 Å². The van der Waals surface area contributed by atoms with Gasteiger partial charge in [-0.3, -0.25) is 0 Å². The van der Waals surface area contributed by atoms with Crippen molar-refractivity contribution in [1.29, 1.82) is 0 Å². The van der Waals surface area contributed by atoms with Gasteiger partial charge in [-0.2, -0.15) is 0 Å². The monoisotopic (exact) mass is 307 g/mol. The van der Waals surface area contributed by atoms with E-state index >= 15 is 0 Å². The topological polar surface area (TPSA) is 33.2 Å². The molecule has 1 N–H and O–H groups in total. The van der Waals surface area contributed by atoms with Gasteiger partial charge in [-0.1, -0.05) is 13.0 Å². The first-order valence-electron chi connectivity index (χ1n) is 7.38. The summed E-state index contributed by atoms with van der Waals surface area (Å²) in [6.07, 6.45) is 0.992. The third-order valence-electron chi connectivity index (χ3n) is 3.99. The van der Waals surface area contributed by atoms with Gasteiger partial charge in [0.2, 0.25) is 0 Å². The lowest BCUT2D eigenvalue weighted by atomic mass is 10.0. The molecule has 0 aliphatic heterocycles. The van der Waals surface area contributed by atoms with Crippen LogP contribution in [0.1, 0.15) is 27.2 Å². The third kappa shape index (κ3) is 3.30. The molecule has 1 heterocycles. The van der Waals surface area contributed by atoms with Crippen LogP contribution in [0, 0.1) is 4.77 Å². The molecule has 0 saturated heterocycles. The lowest BCUT2D eigenvalue weighted by Crippen LogP contribution is -2.42. The van der Waals surface area contributed by atoms with Gasteiger partial charge < -0.3 is 19.2 Å². The minimum Gasteiger partial charge on any atom is -0.491 e. The number of aromatic nitrogens is 2. The van der Waals surface area contributed by atoms with Gasteiger partial charge in [-0.25, -0.2) is 0 Å². The molecule has 21 heavy (non-hydrogen) atoms. The number of fused-ring (bicyclic) bond motifs is 1. The number of imidazole rings is 1. The highest BCUT2D eigenvalue weighted by atomic mass is 32.1. The van der Waals surface area contributed by atoms with E-state index in [1.165, 1.54) is 0 Å². The van der Waals surface area contributed by atoms with Gasteiger partial charge in [-0.15, -0.1) is 0 Å². The second-order valence-electron chi connectivity index (χ2n) is 6.22. The molecule has 1 aromatic carbocycles. The van der Waals surface area contributed by atoms with Crippen molar-refractivity contribution in [2.24, 2.45) is 0 Å². The summed E-state index contributed by atoms with van der Waals surface area (Å²) < 4.78 is 8.71. The normalized spacial score (nSPS) is 12.3. The molecule has 0 fully saturated rings. The Bertz CT molecular complexity index is 670. The lowest BCUT2D eigenvalue weighted by Gasteiger charge is -2.33. The molecule has 0 saturated carbocycles. The average Bonchev–Trinajstić information content (AvgIpc) is 2.73. The first kappa shape index (κ1) is 16.0. The van der Waals surface area contributed by atoms with Gasteiger partial charge in [0.25, 0.3) is 0 Å². The minimum absolute atomic E-state index is 0.0215. The molecule has 0 aliphatic carbocycles. The Hall–Kier alpha value is -1.33. The van der Waals surface area contributed by atoms with Crippen molar-refractivity contribution in [1.82, 2.24) is 14.5 Å². The summed E-state index contributed by atoms with van der Waals surface area (Å²) in [6.45, 7) is 8.08. The van der Waals surface area contributed by atoms with E-state index in [9.17, 15) is 0 Å². The molecule has 1 aromatic heterocycles. The van der Waals surface area contributed by atoms with Crippen LogP contribution in [-0.2, 0) is 6.54 Å². The Balaban J connectivity index is 2.46. The molecule has 2 aromatic rings. The minimum atomic E-state index is 0.0215. The van der Waals surface area contributed by atoms with Crippen LogP contribution in [0.25, 0.3) is 11.0 Å². The fraction of sp³-hybridized carbons (Fsp3) is 0.562. The van der Waals surface area contributed by atoms with Gasteiger partial charge in [-0.05, 0) is 58.7 Å². The number of ether oxygens (including phenoxy) is 1. The molecule has 0 unspecified atom stereocenters. The molecule has 0 bridgehead atoms. The molecule has 0 spiro atoms. The fourth-order valence-electron chi connectivity index (χ4n) is 2.17. The number of hydrogen-bond acceptors (Lipinski definition) is 3. The molecule has 2 rings (SSSR count). The van der Waals surface area contributed by atoms with Crippen molar-refractivity contribution in [3.63, 3.8) is 0 Å². The second-order valence-corrected chi connectivity index (χ2v) is 6.61. The molecule has 0 atom stereocenters. The highest BCUT2D eigenvalue weighted by Crippen LogP contribution is 2.27. The number of nitrogens with zero attached hydrogens (tertiary/aromatic N) is 2. The van der Waals surface area contributed by atoms with Gasteiger partial charge >= 0.3 is 0 Å². The zero-order valence-corrected chi connectivity index (χ0v) is 14.4. The summed E-state index contributed by atoms with van der Waals surface area (Å²) in [5.41, 5.74) is 2.11. The molecular weight excluding hydrogens is 282 g/mol. The zero-order valence-electron chi connectivity index (χ0n) is 13.6. The molecular formula is C16H25N3OS. The maximum Gasteiger partial charge on any atom is 0.178 e. The number of rotatable bonds is 6. The van der Waals surface area contributed by atoms with Crippen molar-refractivity contribution in [2.45, 2.75) is 39.3 Å². The molecule has 0 aliphatic rings. The van der Waals surface area contributed by atoms with Gasteiger partial charge in [0.15, 0.2) is 4.77 Å². The number of para-hydroxylation sites is 1. The van der Waals surface area contributed by atoms with Crippen LogP contribution < -0.4 is 4.74 Å². The molecule has 0 radical (unpaired) electrons. The molecule has 0 amide bonds. The number of benzene rings is 1. The van der Waals surface area contributed by atoms with Crippen LogP contribution in [0.2, 0.25) is 0 Å².